The fourth-order valence-corrected chi connectivity index (χ4v) is 4.05. The molecule has 1 aromatic heterocycles. The highest BCUT2D eigenvalue weighted by Crippen LogP contribution is 2.18. The molecule has 0 fully saturated rings. The van der Waals surface area contributed by atoms with E-state index in [1.807, 2.05) is 24.4 Å². The third-order valence-corrected chi connectivity index (χ3v) is 6.11. The largest absolute Gasteiger partial charge is 0.478 e. The molecule has 0 saturated heterocycles. The van der Waals surface area contributed by atoms with E-state index >= 15 is 0 Å². The summed E-state index contributed by atoms with van der Waals surface area (Å²) in [5, 5.41) is 17.4. The van der Waals surface area contributed by atoms with Gasteiger partial charge in [-0.15, -0.1) is 11.3 Å². The number of nitrogens with one attached hydrogen (secondary N) is 2. The Kier molecular flexibility index (Phi) is 8.33. The monoisotopic (exact) mass is 453 g/mol. The lowest BCUT2D eigenvalue weighted by atomic mass is 10.0. The molecule has 7 nitrogen and oxygen atoms in total. The molecule has 0 spiro atoms. The van der Waals surface area contributed by atoms with Gasteiger partial charge in [-0.1, -0.05) is 38.0 Å². The Morgan fingerprint density at radius 1 is 1.16 bits per heavy atom. The molecule has 2 aromatic rings. The number of unbranched alkanes of at least 4 members (excludes halogenated alkanes) is 2. The Balaban J connectivity index is 1.64. The predicted molar refractivity (Wildman–Crippen MR) is 126 cm³/mol. The fourth-order valence-electron chi connectivity index (χ4n) is 3.42. The smallest absolute Gasteiger partial charge is 0.335 e. The van der Waals surface area contributed by atoms with Crippen LogP contribution in [0.3, 0.4) is 0 Å². The first-order valence-electron chi connectivity index (χ1n) is 10.7. The number of hydrogen-bond donors (Lipinski definition) is 3. The van der Waals surface area contributed by atoms with E-state index in [2.05, 4.69) is 15.6 Å². The Bertz CT molecular complexity index is 1030. The van der Waals surface area contributed by atoms with E-state index in [0.717, 1.165) is 19.3 Å². The molecule has 8 heteroatoms. The second-order valence-corrected chi connectivity index (χ2v) is 8.51. The van der Waals surface area contributed by atoms with Crippen LogP contribution in [0, 0.1) is 0 Å². The molecule has 1 aliphatic rings. The Labute approximate surface area is 191 Å². The number of carboxylic acids is 1. The summed E-state index contributed by atoms with van der Waals surface area (Å²) in [6.07, 6.45) is 6.07. The van der Waals surface area contributed by atoms with Crippen LogP contribution in [0.2, 0.25) is 0 Å². The summed E-state index contributed by atoms with van der Waals surface area (Å²) in [7, 11) is 0. The number of amidine groups is 1. The number of aliphatic imine (C=N–C) groups is 1. The Morgan fingerprint density at radius 3 is 2.72 bits per heavy atom. The van der Waals surface area contributed by atoms with Crippen molar-refractivity contribution in [3.05, 3.63) is 64.0 Å². The summed E-state index contributed by atoms with van der Waals surface area (Å²) < 4.78 is 0. The Hall–Kier alpha value is -3.26. The third kappa shape index (κ3) is 6.37. The van der Waals surface area contributed by atoms with E-state index in [4.69, 9.17) is 0 Å². The van der Waals surface area contributed by atoms with Crippen LogP contribution in [-0.4, -0.2) is 34.6 Å². The minimum atomic E-state index is -0.991. The number of thiophene rings is 1. The number of carboxylic acid groups (broad SMARTS) is 1. The molecular weight excluding hydrogens is 426 g/mol. The van der Waals surface area contributed by atoms with Crippen LogP contribution in [0.1, 0.15) is 71.0 Å². The molecule has 2 heterocycles. The molecule has 1 aliphatic heterocycles. The summed E-state index contributed by atoms with van der Waals surface area (Å²) >= 11 is 1.38. The molecule has 1 atom stereocenters. The number of carbonyl (C=O) groups is 3. The molecule has 0 aliphatic carbocycles. The van der Waals surface area contributed by atoms with Gasteiger partial charge in [0.1, 0.15) is 11.8 Å². The molecule has 0 bridgehead atoms. The summed E-state index contributed by atoms with van der Waals surface area (Å²) in [5.74, 6) is -0.256. The predicted octanol–water partition coefficient (Wildman–Crippen LogP) is 3.81. The minimum absolute atomic E-state index is 0.156. The van der Waals surface area contributed by atoms with Crippen molar-refractivity contribution in [2.45, 2.75) is 51.5 Å². The van der Waals surface area contributed by atoms with Crippen LogP contribution in [0.25, 0.3) is 5.70 Å². The maximum Gasteiger partial charge on any atom is 0.335 e. The van der Waals surface area contributed by atoms with Gasteiger partial charge in [-0.2, -0.15) is 0 Å². The second-order valence-electron chi connectivity index (χ2n) is 7.56. The van der Waals surface area contributed by atoms with Gasteiger partial charge in [0.05, 0.1) is 10.4 Å². The summed E-state index contributed by atoms with van der Waals surface area (Å²) in [6, 6.07) is 9.92. The number of amides is 1. The lowest BCUT2D eigenvalue weighted by molar-refractivity contribution is -0.118. The molecule has 0 saturated carbocycles. The van der Waals surface area contributed by atoms with Gasteiger partial charge in [-0.3, -0.25) is 9.59 Å². The van der Waals surface area contributed by atoms with E-state index in [-0.39, 0.29) is 23.3 Å². The van der Waals surface area contributed by atoms with Gasteiger partial charge in [0.25, 0.3) is 5.91 Å². The molecule has 3 rings (SSSR count). The first kappa shape index (κ1) is 23.4. The maximum absolute atomic E-state index is 12.7. The Morgan fingerprint density at radius 2 is 2.00 bits per heavy atom. The van der Waals surface area contributed by atoms with Crippen molar-refractivity contribution in [2.24, 2.45) is 0 Å². The highest BCUT2D eigenvalue weighted by Gasteiger charge is 2.31. The van der Waals surface area contributed by atoms with E-state index in [9.17, 15) is 19.5 Å². The van der Waals surface area contributed by atoms with E-state index in [1.54, 1.807) is 24.4 Å². The van der Waals surface area contributed by atoms with Crippen LogP contribution in [0.15, 0.2) is 48.0 Å². The van der Waals surface area contributed by atoms with Crippen LogP contribution < -0.4 is 15.6 Å². The molecule has 1 radical (unpaired) electrons. The molecule has 0 unspecified atom stereocenters. The van der Waals surface area contributed by atoms with Crippen LogP contribution in [-0.2, 0) is 4.79 Å². The van der Waals surface area contributed by atoms with Crippen molar-refractivity contribution in [2.75, 3.05) is 0 Å². The van der Waals surface area contributed by atoms with Gasteiger partial charge in [0.15, 0.2) is 11.9 Å². The molecule has 32 heavy (non-hydrogen) atoms. The van der Waals surface area contributed by atoms with Gasteiger partial charge in [-0.25, -0.2) is 10.1 Å². The molecular formula is C24H27N3O4S+. The average molecular weight is 454 g/mol. The topological polar surface area (TPSA) is 110 Å². The van der Waals surface area contributed by atoms with Crippen LogP contribution in [0.4, 0.5) is 0 Å². The summed E-state index contributed by atoms with van der Waals surface area (Å²) in [5.41, 5.74) is 1.60. The highest BCUT2D eigenvalue weighted by atomic mass is 32.1. The van der Waals surface area contributed by atoms with Gasteiger partial charge in [0, 0.05) is 18.4 Å². The maximum atomic E-state index is 12.7. The standard InChI is InChI=1S/C24H27N3O4S/c1-2-18(28)10-4-3-5-11-19(27-23(29)21-12-7-13-32-21)22-25-15-20(26-22)16-8-6-9-17(14-16)24(30)31/h6-9,12-15,19,26H,2-5,10-11H2,1H3,(H,27,29)(H,30,31)/q+1/t19-/m0/s1. The van der Waals surface area contributed by atoms with Gasteiger partial charge in [-0.05, 0) is 41.4 Å². The van der Waals surface area contributed by atoms with E-state index in [1.165, 1.54) is 17.4 Å². The number of aromatic carboxylic acids is 1. The van der Waals surface area contributed by atoms with Crippen LogP contribution >= 0.6 is 11.3 Å². The highest BCUT2D eigenvalue weighted by molar-refractivity contribution is 7.12. The first-order valence-corrected chi connectivity index (χ1v) is 11.6. The van der Waals surface area contributed by atoms with Crippen molar-refractivity contribution >= 4 is 40.5 Å². The zero-order chi connectivity index (χ0) is 22.9. The lowest BCUT2D eigenvalue weighted by Gasteiger charge is -2.15. The number of nitrogens with zero attached hydrogens (tertiary/aromatic N) is 1. The number of benzene rings is 1. The molecule has 167 valence electrons. The zero-order valence-electron chi connectivity index (χ0n) is 18.0. The van der Waals surface area contributed by atoms with Crippen LogP contribution in [0.5, 0.6) is 0 Å². The normalized spacial score (nSPS) is 13.7. The van der Waals surface area contributed by atoms with Gasteiger partial charge >= 0.3 is 11.8 Å². The van der Waals surface area contributed by atoms with Crippen molar-refractivity contribution in [3.63, 3.8) is 0 Å². The molecule has 1 amide bonds. The number of rotatable bonds is 12. The molecule has 3 N–H and O–H groups in total. The summed E-state index contributed by atoms with van der Waals surface area (Å²) in [4.78, 5) is 40.5. The average Bonchev–Trinajstić information content (AvgIpc) is 3.50. The third-order valence-electron chi connectivity index (χ3n) is 5.24. The number of carbonyl (C=O) groups excluding carboxylic acids is 2. The van der Waals surface area contributed by atoms with E-state index < -0.39 is 5.97 Å². The van der Waals surface area contributed by atoms with Crippen molar-refractivity contribution in [1.82, 2.24) is 15.6 Å². The quantitative estimate of drug-likeness (QED) is 0.423. The molecule has 1 aromatic carbocycles. The fraction of sp³-hybridized carbons (Fsp3) is 0.333. The SMILES string of the molecule is CCC(=O)CCCCC[C@H](NC(=O)c1cccs1)C1=[N+]C=C(c2cccc(C(=O)O)c2)N1. The zero-order valence-corrected chi connectivity index (χ0v) is 18.8. The number of hydrogen-bond acceptors (Lipinski definition) is 6. The first-order chi connectivity index (χ1) is 15.5. The lowest BCUT2D eigenvalue weighted by Crippen LogP contribution is -2.46. The minimum Gasteiger partial charge on any atom is -0.478 e. The van der Waals surface area contributed by atoms with Gasteiger partial charge < -0.3 is 10.4 Å². The second kappa shape index (κ2) is 11.4. The summed E-state index contributed by atoms with van der Waals surface area (Å²) in [6.45, 7) is 1.87. The van der Waals surface area contributed by atoms with Crippen molar-refractivity contribution in [3.8, 4) is 0 Å². The number of Topliss-reactive ketones (excluding diaryl/α,β-unsaturated/α-hetero) is 1. The number of ketones is 1. The van der Waals surface area contributed by atoms with Crippen molar-refractivity contribution < 1.29 is 19.5 Å². The van der Waals surface area contributed by atoms with Gasteiger partial charge in [0.2, 0.25) is 0 Å². The van der Waals surface area contributed by atoms with E-state index in [0.29, 0.717) is 41.2 Å². The van der Waals surface area contributed by atoms with Crippen molar-refractivity contribution in [1.29, 1.82) is 0 Å².